The Hall–Kier alpha value is -2.13. The summed E-state index contributed by atoms with van der Waals surface area (Å²) >= 11 is 0. The van der Waals surface area contributed by atoms with Crippen LogP contribution in [0.2, 0.25) is 0 Å². The van der Waals surface area contributed by atoms with Crippen LogP contribution in [0.25, 0.3) is 0 Å². The fraction of sp³-hybridized carbons (Fsp3) is 0.188. The molecule has 2 aromatic carbocycles. The standard InChI is InChI=1S/C16H18N2O/c1-12-7-5-6-10-14(12)16(18-11-15(17)19)13-8-3-2-4-9-13/h2-10,16,18H,11H2,1H3,(H2,17,19). The molecule has 3 N–H and O–H groups in total. The summed E-state index contributed by atoms with van der Waals surface area (Å²) < 4.78 is 0. The number of nitrogens with one attached hydrogen (secondary N) is 1. The van der Waals surface area contributed by atoms with Crippen LogP contribution in [0.5, 0.6) is 0 Å². The number of aryl methyl sites for hydroxylation is 1. The molecule has 2 aromatic rings. The molecule has 0 aromatic heterocycles. The number of hydrogen-bond acceptors (Lipinski definition) is 2. The fourth-order valence-corrected chi connectivity index (χ4v) is 2.17. The van der Waals surface area contributed by atoms with Crippen molar-refractivity contribution in [3.8, 4) is 0 Å². The molecule has 3 nitrogen and oxygen atoms in total. The van der Waals surface area contributed by atoms with E-state index in [9.17, 15) is 4.79 Å². The fourth-order valence-electron chi connectivity index (χ4n) is 2.17. The molecule has 98 valence electrons. The summed E-state index contributed by atoms with van der Waals surface area (Å²) in [4.78, 5) is 11.0. The van der Waals surface area contributed by atoms with Gasteiger partial charge in [0, 0.05) is 0 Å². The monoisotopic (exact) mass is 254 g/mol. The molecule has 0 saturated carbocycles. The molecular weight excluding hydrogens is 236 g/mol. The van der Waals surface area contributed by atoms with E-state index >= 15 is 0 Å². The lowest BCUT2D eigenvalue weighted by Gasteiger charge is -2.21. The van der Waals surface area contributed by atoms with Crippen molar-refractivity contribution in [3.63, 3.8) is 0 Å². The molecule has 0 aliphatic rings. The Bertz CT molecular complexity index is 552. The normalized spacial score (nSPS) is 12.1. The first-order valence-electron chi connectivity index (χ1n) is 6.30. The van der Waals surface area contributed by atoms with E-state index < -0.39 is 0 Å². The second kappa shape index (κ2) is 6.16. The van der Waals surface area contributed by atoms with E-state index in [2.05, 4.69) is 24.4 Å². The predicted molar refractivity (Wildman–Crippen MR) is 76.7 cm³/mol. The SMILES string of the molecule is Cc1ccccc1C(NCC(N)=O)c1ccccc1. The van der Waals surface area contributed by atoms with Crippen LogP contribution in [0.1, 0.15) is 22.7 Å². The van der Waals surface area contributed by atoms with Gasteiger partial charge in [0.2, 0.25) is 5.91 Å². The zero-order chi connectivity index (χ0) is 13.7. The van der Waals surface area contributed by atoms with Crippen LogP contribution >= 0.6 is 0 Å². The van der Waals surface area contributed by atoms with Gasteiger partial charge in [0.05, 0.1) is 12.6 Å². The minimum Gasteiger partial charge on any atom is -0.369 e. The molecule has 1 atom stereocenters. The first kappa shape index (κ1) is 13.3. The summed E-state index contributed by atoms with van der Waals surface area (Å²) in [7, 11) is 0. The molecule has 3 heteroatoms. The molecule has 2 rings (SSSR count). The molecule has 0 saturated heterocycles. The maximum atomic E-state index is 11.0. The van der Waals surface area contributed by atoms with Gasteiger partial charge in [0.25, 0.3) is 0 Å². The first-order chi connectivity index (χ1) is 9.18. The Morgan fingerprint density at radius 2 is 1.74 bits per heavy atom. The van der Waals surface area contributed by atoms with Crippen LogP contribution in [0.4, 0.5) is 0 Å². The number of nitrogens with two attached hydrogens (primary N) is 1. The Morgan fingerprint density at radius 3 is 2.37 bits per heavy atom. The third-order valence-corrected chi connectivity index (χ3v) is 3.11. The van der Waals surface area contributed by atoms with E-state index in [0.717, 1.165) is 11.1 Å². The molecule has 0 radical (unpaired) electrons. The zero-order valence-corrected chi connectivity index (χ0v) is 11.0. The van der Waals surface area contributed by atoms with Crippen LogP contribution in [0.3, 0.4) is 0 Å². The minimum atomic E-state index is -0.352. The zero-order valence-electron chi connectivity index (χ0n) is 11.0. The first-order valence-corrected chi connectivity index (χ1v) is 6.30. The number of carbonyl (C=O) groups excluding carboxylic acids is 1. The number of hydrogen-bond donors (Lipinski definition) is 2. The maximum Gasteiger partial charge on any atom is 0.231 e. The van der Waals surface area contributed by atoms with Crippen molar-refractivity contribution >= 4 is 5.91 Å². The van der Waals surface area contributed by atoms with Crippen LogP contribution in [-0.2, 0) is 4.79 Å². The lowest BCUT2D eigenvalue weighted by molar-refractivity contribution is -0.117. The number of benzene rings is 2. The summed E-state index contributed by atoms with van der Waals surface area (Å²) in [5.74, 6) is -0.352. The molecule has 0 bridgehead atoms. The quantitative estimate of drug-likeness (QED) is 0.859. The number of carbonyl (C=O) groups is 1. The van der Waals surface area contributed by atoms with E-state index in [-0.39, 0.29) is 18.5 Å². The molecular formula is C16H18N2O. The molecule has 0 heterocycles. The van der Waals surface area contributed by atoms with Crippen LogP contribution < -0.4 is 11.1 Å². The van der Waals surface area contributed by atoms with Crippen LogP contribution in [-0.4, -0.2) is 12.5 Å². The van der Waals surface area contributed by atoms with E-state index in [1.807, 2.05) is 42.5 Å². The van der Waals surface area contributed by atoms with Gasteiger partial charge >= 0.3 is 0 Å². The third kappa shape index (κ3) is 3.42. The highest BCUT2D eigenvalue weighted by atomic mass is 16.1. The second-order valence-corrected chi connectivity index (χ2v) is 4.55. The van der Waals surface area contributed by atoms with Crippen molar-refractivity contribution in [1.29, 1.82) is 0 Å². The Morgan fingerprint density at radius 1 is 1.11 bits per heavy atom. The van der Waals surface area contributed by atoms with Crippen LogP contribution in [0, 0.1) is 6.92 Å². The van der Waals surface area contributed by atoms with Crippen molar-refractivity contribution in [2.45, 2.75) is 13.0 Å². The van der Waals surface area contributed by atoms with E-state index in [0.29, 0.717) is 0 Å². The van der Waals surface area contributed by atoms with Gasteiger partial charge in [-0.05, 0) is 23.6 Å². The summed E-state index contributed by atoms with van der Waals surface area (Å²) in [6.45, 7) is 2.23. The molecule has 0 spiro atoms. The molecule has 1 unspecified atom stereocenters. The average Bonchev–Trinajstić information content (AvgIpc) is 2.42. The highest BCUT2D eigenvalue weighted by Gasteiger charge is 2.15. The van der Waals surface area contributed by atoms with Gasteiger partial charge in [0.15, 0.2) is 0 Å². The highest BCUT2D eigenvalue weighted by Crippen LogP contribution is 2.24. The van der Waals surface area contributed by atoms with Gasteiger partial charge < -0.3 is 5.73 Å². The smallest absolute Gasteiger partial charge is 0.231 e. The summed E-state index contributed by atoms with van der Waals surface area (Å²) in [6.07, 6.45) is 0. The Balaban J connectivity index is 2.35. The van der Waals surface area contributed by atoms with E-state index in [4.69, 9.17) is 5.73 Å². The van der Waals surface area contributed by atoms with Gasteiger partial charge in [-0.25, -0.2) is 0 Å². The minimum absolute atomic E-state index is 0.0186. The molecule has 1 amide bonds. The van der Waals surface area contributed by atoms with Crippen molar-refractivity contribution in [2.75, 3.05) is 6.54 Å². The number of rotatable bonds is 5. The topological polar surface area (TPSA) is 55.1 Å². The number of primary amides is 1. The molecule has 0 fully saturated rings. The Kier molecular flexibility index (Phi) is 4.31. The molecule has 0 aliphatic carbocycles. The van der Waals surface area contributed by atoms with E-state index in [1.54, 1.807) is 0 Å². The largest absolute Gasteiger partial charge is 0.369 e. The van der Waals surface area contributed by atoms with Crippen molar-refractivity contribution < 1.29 is 4.79 Å². The highest BCUT2D eigenvalue weighted by molar-refractivity contribution is 5.76. The van der Waals surface area contributed by atoms with Crippen LogP contribution in [0.15, 0.2) is 54.6 Å². The van der Waals surface area contributed by atoms with E-state index in [1.165, 1.54) is 5.56 Å². The lowest BCUT2D eigenvalue weighted by atomic mass is 9.95. The van der Waals surface area contributed by atoms with Crippen molar-refractivity contribution in [1.82, 2.24) is 5.32 Å². The molecule has 0 aliphatic heterocycles. The van der Waals surface area contributed by atoms with Gasteiger partial charge in [0.1, 0.15) is 0 Å². The second-order valence-electron chi connectivity index (χ2n) is 4.55. The lowest BCUT2D eigenvalue weighted by Crippen LogP contribution is -2.32. The van der Waals surface area contributed by atoms with Gasteiger partial charge in [-0.3, -0.25) is 10.1 Å². The van der Waals surface area contributed by atoms with Crippen molar-refractivity contribution in [2.24, 2.45) is 5.73 Å². The maximum absolute atomic E-state index is 11.0. The average molecular weight is 254 g/mol. The third-order valence-electron chi connectivity index (χ3n) is 3.11. The van der Waals surface area contributed by atoms with Gasteiger partial charge in [-0.15, -0.1) is 0 Å². The van der Waals surface area contributed by atoms with Crippen molar-refractivity contribution in [3.05, 3.63) is 71.3 Å². The Labute approximate surface area is 113 Å². The number of amides is 1. The molecule has 19 heavy (non-hydrogen) atoms. The van der Waals surface area contributed by atoms with Gasteiger partial charge in [-0.1, -0.05) is 54.6 Å². The summed E-state index contributed by atoms with van der Waals surface area (Å²) in [5.41, 5.74) is 8.71. The summed E-state index contributed by atoms with van der Waals surface area (Å²) in [6, 6.07) is 18.2. The summed E-state index contributed by atoms with van der Waals surface area (Å²) in [5, 5.41) is 3.22. The predicted octanol–water partition coefficient (Wildman–Crippen LogP) is 2.16. The van der Waals surface area contributed by atoms with Gasteiger partial charge in [-0.2, -0.15) is 0 Å².